The molecule has 0 saturated heterocycles. The van der Waals surface area contributed by atoms with E-state index in [-0.39, 0.29) is 10.8 Å². The predicted octanol–water partition coefficient (Wildman–Crippen LogP) is 4.63. The Morgan fingerprint density at radius 3 is 2.41 bits per heavy atom. The Balaban J connectivity index is 2.23. The molecule has 8 heteroatoms. The minimum atomic E-state index is -3.81. The lowest BCUT2D eigenvalue weighted by molar-refractivity contribution is -0.123. The molecular formula is C19H23BrN2O4S. The molecule has 0 radical (unpaired) electrons. The molecule has 0 heterocycles. The zero-order chi connectivity index (χ0) is 20.2. The lowest BCUT2D eigenvalue weighted by atomic mass is 9.95. The second-order valence-electron chi connectivity index (χ2n) is 6.92. The molecule has 0 aliphatic heterocycles. The maximum atomic E-state index is 12.7. The number of carbonyl (C=O) groups excluding carboxylic acids is 1. The molecule has 0 aliphatic rings. The molecule has 2 aromatic rings. The largest absolute Gasteiger partial charge is 0.493 e. The van der Waals surface area contributed by atoms with Gasteiger partial charge in [0.1, 0.15) is 5.75 Å². The molecule has 1 amide bonds. The fraction of sp³-hybridized carbons (Fsp3) is 0.316. The predicted molar refractivity (Wildman–Crippen MR) is 111 cm³/mol. The summed E-state index contributed by atoms with van der Waals surface area (Å²) in [6.45, 7) is 7.74. The molecule has 6 nitrogen and oxygen atoms in total. The third kappa shape index (κ3) is 5.71. The zero-order valence-electron chi connectivity index (χ0n) is 15.7. The van der Waals surface area contributed by atoms with Gasteiger partial charge in [-0.3, -0.25) is 9.52 Å². The number of halogens is 1. The van der Waals surface area contributed by atoms with Gasteiger partial charge in [-0.2, -0.15) is 0 Å². The van der Waals surface area contributed by atoms with Gasteiger partial charge in [-0.15, -0.1) is 0 Å². The Labute approximate surface area is 168 Å². The number of amides is 1. The molecule has 0 aromatic heterocycles. The third-order valence-electron chi connectivity index (χ3n) is 3.57. The SMILES string of the molecule is CCOc1ccc(NS(=O)(=O)c2cccc(NC(=O)C(C)(C)C)c2)cc1Br. The van der Waals surface area contributed by atoms with Gasteiger partial charge in [0.2, 0.25) is 5.91 Å². The number of ether oxygens (including phenoxy) is 1. The van der Waals surface area contributed by atoms with Gasteiger partial charge in [-0.25, -0.2) is 8.42 Å². The molecule has 146 valence electrons. The van der Waals surface area contributed by atoms with Crippen LogP contribution < -0.4 is 14.8 Å². The van der Waals surface area contributed by atoms with E-state index in [1.165, 1.54) is 12.1 Å². The molecule has 0 unspecified atom stereocenters. The molecule has 2 N–H and O–H groups in total. The van der Waals surface area contributed by atoms with Gasteiger partial charge in [0, 0.05) is 11.1 Å². The summed E-state index contributed by atoms with van der Waals surface area (Å²) >= 11 is 3.36. The van der Waals surface area contributed by atoms with Crippen LogP contribution in [0.4, 0.5) is 11.4 Å². The number of benzene rings is 2. The van der Waals surface area contributed by atoms with Crippen molar-refractivity contribution in [2.24, 2.45) is 5.41 Å². The van der Waals surface area contributed by atoms with Gasteiger partial charge >= 0.3 is 0 Å². The first kappa shape index (κ1) is 21.2. The van der Waals surface area contributed by atoms with E-state index in [1.54, 1.807) is 51.1 Å². The molecule has 27 heavy (non-hydrogen) atoms. The van der Waals surface area contributed by atoms with Gasteiger partial charge in [-0.1, -0.05) is 26.8 Å². The van der Waals surface area contributed by atoms with E-state index in [0.717, 1.165) is 0 Å². The fourth-order valence-electron chi connectivity index (χ4n) is 2.11. The number of sulfonamides is 1. The van der Waals surface area contributed by atoms with Crippen LogP contribution in [0.25, 0.3) is 0 Å². The first-order valence-corrected chi connectivity index (χ1v) is 10.7. The van der Waals surface area contributed by atoms with Crippen LogP contribution in [0, 0.1) is 5.41 Å². The Morgan fingerprint density at radius 2 is 1.81 bits per heavy atom. The van der Waals surface area contributed by atoms with E-state index in [0.29, 0.717) is 28.2 Å². The van der Waals surface area contributed by atoms with Crippen LogP contribution in [0.1, 0.15) is 27.7 Å². The highest BCUT2D eigenvalue weighted by Crippen LogP contribution is 2.29. The number of carbonyl (C=O) groups is 1. The molecule has 2 aromatic carbocycles. The maximum Gasteiger partial charge on any atom is 0.261 e. The number of nitrogens with one attached hydrogen (secondary N) is 2. The molecule has 0 saturated carbocycles. The van der Waals surface area contributed by atoms with Crippen LogP contribution in [0.5, 0.6) is 5.75 Å². The van der Waals surface area contributed by atoms with Crippen molar-refractivity contribution in [3.63, 3.8) is 0 Å². The lowest BCUT2D eigenvalue weighted by Crippen LogP contribution is -2.27. The van der Waals surface area contributed by atoms with Crippen molar-refractivity contribution in [2.45, 2.75) is 32.6 Å². The first-order valence-electron chi connectivity index (χ1n) is 8.39. The van der Waals surface area contributed by atoms with Crippen LogP contribution >= 0.6 is 15.9 Å². The third-order valence-corrected chi connectivity index (χ3v) is 5.57. The van der Waals surface area contributed by atoms with E-state index in [9.17, 15) is 13.2 Å². The van der Waals surface area contributed by atoms with Gasteiger partial charge < -0.3 is 10.1 Å². The van der Waals surface area contributed by atoms with Crippen molar-refractivity contribution < 1.29 is 17.9 Å². The average molecular weight is 455 g/mol. The molecule has 2 rings (SSSR count). The van der Waals surface area contributed by atoms with E-state index >= 15 is 0 Å². The molecule has 0 fully saturated rings. The van der Waals surface area contributed by atoms with Crippen molar-refractivity contribution in [1.29, 1.82) is 0 Å². The van der Waals surface area contributed by atoms with Crippen molar-refractivity contribution in [2.75, 3.05) is 16.6 Å². The smallest absolute Gasteiger partial charge is 0.261 e. The van der Waals surface area contributed by atoms with Crippen molar-refractivity contribution in [3.8, 4) is 5.75 Å². The standard InChI is InChI=1S/C19H23BrN2O4S/c1-5-26-17-10-9-14(12-16(17)20)22-27(24,25)15-8-6-7-13(11-15)21-18(23)19(2,3)4/h6-12,22H,5H2,1-4H3,(H,21,23). The summed E-state index contributed by atoms with van der Waals surface area (Å²) in [6.07, 6.45) is 0. The van der Waals surface area contributed by atoms with Crippen LogP contribution in [-0.2, 0) is 14.8 Å². The molecule has 0 aliphatic carbocycles. The second-order valence-corrected chi connectivity index (χ2v) is 9.45. The summed E-state index contributed by atoms with van der Waals surface area (Å²) in [5.74, 6) is 0.438. The first-order chi connectivity index (χ1) is 12.5. The van der Waals surface area contributed by atoms with Crippen molar-refractivity contribution >= 4 is 43.2 Å². The molecular weight excluding hydrogens is 432 g/mol. The number of anilines is 2. The average Bonchev–Trinajstić information content (AvgIpc) is 2.56. The summed E-state index contributed by atoms with van der Waals surface area (Å²) in [6, 6.07) is 11.1. The highest BCUT2D eigenvalue weighted by molar-refractivity contribution is 9.10. The van der Waals surface area contributed by atoms with Crippen molar-refractivity contribution in [1.82, 2.24) is 0 Å². The molecule has 0 bridgehead atoms. The quantitative estimate of drug-likeness (QED) is 0.665. The summed E-state index contributed by atoms with van der Waals surface area (Å²) < 4.78 is 34.0. The minimum absolute atomic E-state index is 0.0548. The summed E-state index contributed by atoms with van der Waals surface area (Å²) in [5, 5.41) is 2.73. The summed E-state index contributed by atoms with van der Waals surface area (Å²) in [7, 11) is -3.81. The van der Waals surface area contributed by atoms with E-state index in [2.05, 4.69) is 26.0 Å². The number of rotatable bonds is 6. The van der Waals surface area contributed by atoms with Crippen LogP contribution in [0.2, 0.25) is 0 Å². The normalized spacial score (nSPS) is 11.7. The van der Waals surface area contributed by atoms with E-state index in [4.69, 9.17) is 4.74 Å². The van der Waals surface area contributed by atoms with Gasteiger partial charge in [0.25, 0.3) is 10.0 Å². The second kappa shape index (κ2) is 8.31. The van der Waals surface area contributed by atoms with E-state index in [1.807, 2.05) is 6.92 Å². The molecule has 0 spiro atoms. The Morgan fingerprint density at radius 1 is 1.11 bits per heavy atom. The Hall–Kier alpha value is -2.06. The highest BCUT2D eigenvalue weighted by atomic mass is 79.9. The molecule has 0 atom stereocenters. The fourth-order valence-corrected chi connectivity index (χ4v) is 3.70. The van der Waals surface area contributed by atoms with Gasteiger partial charge in [0.05, 0.1) is 21.7 Å². The van der Waals surface area contributed by atoms with Gasteiger partial charge in [-0.05, 0) is 59.3 Å². The Kier molecular flexibility index (Phi) is 6.54. The van der Waals surface area contributed by atoms with Crippen LogP contribution in [0.15, 0.2) is 51.8 Å². The number of hydrogen-bond acceptors (Lipinski definition) is 4. The maximum absolute atomic E-state index is 12.7. The van der Waals surface area contributed by atoms with Crippen LogP contribution in [0.3, 0.4) is 0 Å². The number of hydrogen-bond donors (Lipinski definition) is 2. The summed E-state index contributed by atoms with van der Waals surface area (Å²) in [5.41, 5.74) is 0.238. The van der Waals surface area contributed by atoms with E-state index < -0.39 is 15.4 Å². The zero-order valence-corrected chi connectivity index (χ0v) is 18.1. The van der Waals surface area contributed by atoms with Crippen molar-refractivity contribution in [3.05, 3.63) is 46.9 Å². The minimum Gasteiger partial charge on any atom is -0.493 e. The summed E-state index contributed by atoms with van der Waals surface area (Å²) in [4.78, 5) is 12.2. The lowest BCUT2D eigenvalue weighted by Gasteiger charge is -2.18. The monoisotopic (exact) mass is 454 g/mol. The topological polar surface area (TPSA) is 84.5 Å². The highest BCUT2D eigenvalue weighted by Gasteiger charge is 2.22. The van der Waals surface area contributed by atoms with Gasteiger partial charge in [0.15, 0.2) is 0 Å². The Bertz CT molecular complexity index is 937. The van der Waals surface area contributed by atoms with Crippen LogP contribution in [-0.4, -0.2) is 20.9 Å².